The van der Waals surface area contributed by atoms with Crippen LogP contribution in [-0.2, 0) is 26.0 Å². The van der Waals surface area contributed by atoms with Crippen molar-refractivity contribution in [3.05, 3.63) is 95.6 Å². The Balaban J connectivity index is 2.03. The molecule has 1 atom stereocenters. The van der Waals surface area contributed by atoms with Crippen molar-refractivity contribution in [3.63, 3.8) is 0 Å². The molecule has 0 saturated heterocycles. The molecule has 3 rings (SSSR count). The largest absolute Gasteiger partial charge is 0.355 e. The summed E-state index contributed by atoms with van der Waals surface area (Å²) >= 11 is 0. The average molecular weight is 536 g/mol. The van der Waals surface area contributed by atoms with Crippen LogP contribution in [0.25, 0.3) is 0 Å². The summed E-state index contributed by atoms with van der Waals surface area (Å²) in [6, 6.07) is 22.5. The van der Waals surface area contributed by atoms with Crippen LogP contribution >= 0.6 is 0 Å². The number of benzene rings is 3. The van der Waals surface area contributed by atoms with E-state index in [1.807, 2.05) is 64.1 Å². The predicted molar refractivity (Wildman–Crippen MR) is 152 cm³/mol. The van der Waals surface area contributed by atoms with Crippen molar-refractivity contribution < 1.29 is 18.0 Å². The molecule has 1 N–H and O–H groups in total. The highest BCUT2D eigenvalue weighted by molar-refractivity contribution is 7.92. The lowest BCUT2D eigenvalue weighted by atomic mass is 10.1. The van der Waals surface area contributed by atoms with E-state index >= 15 is 0 Å². The molecule has 0 aliphatic rings. The standard InChI is InChI=1S/C30H37N3O4S/c1-5-27(30(35)31-6-2)32(21-20-25-15-9-7-10-16-25)29(34)22-33(28-19-13-14-23(3)24(28)4)38(36,37)26-17-11-8-12-18-26/h7-19,27H,5-6,20-22H2,1-4H3,(H,31,35)/t27-/m0/s1. The van der Waals surface area contributed by atoms with E-state index in [0.29, 0.717) is 25.1 Å². The normalized spacial score (nSPS) is 12.0. The molecule has 8 heteroatoms. The van der Waals surface area contributed by atoms with E-state index in [0.717, 1.165) is 16.7 Å². The zero-order valence-corrected chi connectivity index (χ0v) is 23.4. The third-order valence-corrected chi connectivity index (χ3v) is 8.45. The lowest BCUT2D eigenvalue weighted by Crippen LogP contribution is -2.53. The fourth-order valence-corrected chi connectivity index (χ4v) is 5.92. The minimum atomic E-state index is -4.07. The molecule has 0 aliphatic carbocycles. The molecule has 0 spiro atoms. The Morgan fingerprint density at radius 3 is 2.11 bits per heavy atom. The highest BCUT2D eigenvalue weighted by atomic mass is 32.2. The molecule has 0 saturated carbocycles. The van der Waals surface area contributed by atoms with Gasteiger partial charge < -0.3 is 10.2 Å². The lowest BCUT2D eigenvalue weighted by Gasteiger charge is -2.33. The van der Waals surface area contributed by atoms with Crippen LogP contribution in [0.1, 0.15) is 37.0 Å². The number of hydrogen-bond acceptors (Lipinski definition) is 4. The minimum Gasteiger partial charge on any atom is -0.355 e. The summed E-state index contributed by atoms with van der Waals surface area (Å²) in [5, 5.41) is 2.82. The van der Waals surface area contributed by atoms with Crippen molar-refractivity contribution in [1.29, 1.82) is 0 Å². The van der Waals surface area contributed by atoms with Crippen molar-refractivity contribution in [2.24, 2.45) is 0 Å². The predicted octanol–water partition coefficient (Wildman–Crippen LogP) is 4.48. The van der Waals surface area contributed by atoms with Crippen molar-refractivity contribution in [2.45, 2.75) is 51.5 Å². The first kappa shape index (κ1) is 28.9. The fourth-order valence-electron chi connectivity index (χ4n) is 4.43. The van der Waals surface area contributed by atoms with Gasteiger partial charge in [0, 0.05) is 13.1 Å². The van der Waals surface area contributed by atoms with Crippen LogP contribution in [-0.4, -0.2) is 50.8 Å². The van der Waals surface area contributed by atoms with Gasteiger partial charge in [0.2, 0.25) is 11.8 Å². The number of carbonyl (C=O) groups excluding carboxylic acids is 2. The highest BCUT2D eigenvalue weighted by Gasteiger charge is 2.33. The first-order chi connectivity index (χ1) is 18.2. The number of likely N-dealkylation sites (N-methyl/N-ethyl adjacent to an activating group) is 1. The first-order valence-electron chi connectivity index (χ1n) is 13.0. The highest BCUT2D eigenvalue weighted by Crippen LogP contribution is 2.29. The van der Waals surface area contributed by atoms with Crippen LogP contribution in [0, 0.1) is 13.8 Å². The van der Waals surface area contributed by atoms with Gasteiger partial charge in [0.25, 0.3) is 10.0 Å². The molecule has 0 radical (unpaired) electrons. The van der Waals surface area contributed by atoms with E-state index in [4.69, 9.17) is 0 Å². The van der Waals surface area contributed by atoms with E-state index in [1.165, 1.54) is 21.3 Å². The van der Waals surface area contributed by atoms with Gasteiger partial charge in [-0.15, -0.1) is 0 Å². The fraction of sp³-hybridized carbons (Fsp3) is 0.333. The minimum absolute atomic E-state index is 0.0975. The number of sulfonamides is 1. The Labute approximate surface area is 226 Å². The maximum absolute atomic E-state index is 14.0. The van der Waals surface area contributed by atoms with E-state index in [9.17, 15) is 18.0 Å². The molecule has 0 aromatic heterocycles. The van der Waals surface area contributed by atoms with Crippen LogP contribution < -0.4 is 9.62 Å². The first-order valence-corrected chi connectivity index (χ1v) is 14.4. The van der Waals surface area contributed by atoms with E-state index in [2.05, 4.69) is 5.32 Å². The van der Waals surface area contributed by atoms with Crippen molar-refractivity contribution >= 4 is 27.5 Å². The van der Waals surface area contributed by atoms with Crippen LogP contribution in [0.5, 0.6) is 0 Å². The number of aryl methyl sites for hydroxylation is 1. The van der Waals surface area contributed by atoms with Gasteiger partial charge in [0.15, 0.2) is 0 Å². The number of anilines is 1. The Hall–Kier alpha value is -3.65. The quantitative estimate of drug-likeness (QED) is 0.370. The smallest absolute Gasteiger partial charge is 0.264 e. The van der Waals surface area contributed by atoms with Gasteiger partial charge in [-0.3, -0.25) is 13.9 Å². The third kappa shape index (κ3) is 6.81. The SMILES string of the molecule is CCNC(=O)[C@H](CC)N(CCc1ccccc1)C(=O)CN(c1cccc(C)c1C)S(=O)(=O)c1ccccc1. The van der Waals surface area contributed by atoms with E-state index in [-0.39, 0.29) is 17.3 Å². The molecular formula is C30H37N3O4S. The summed E-state index contributed by atoms with van der Waals surface area (Å²) in [6.45, 7) is 7.73. The summed E-state index contributed by atoms with van der Waals surface area (Å²) in [5.74, 6) is -0.680. The van der Waals surface area contributed by atoms with Crippen LogP contribution in [0.3, 0.4) is 0 Å². The summed E-state index contributed by atoms with van der Waals surface area (Å²) in [6.07, 6.45) is 0.943. The molecular weight excluding hydrogens is 498 g/mol. The summed E-state index contributed by atoms with van der Waals surface area (Å²) in [4.78, 5) is 28.6. The van der Waals surface area contributed by atoms with E-state index < -0.39 is 28.5 Å². The molecule has 0 fully saturated rings. The van der Waals surface area contributed by atoms with Crippen molar-refractivity contribution in [1.82, 2.24) is 10.2 Å². The molecule has 202 valence electrons. The second-order valence-corrected chi connectivity index (χ2v) is 11.0. The Bertz CT molecular complexity index is 1330. The van der Waals surface area contributed by atoms with Crippen molar-refractivity contribution in [3.8, 4) is 0 Å². The molecule has 3 aromatic rings. The molecule has 0 aliphatic heterocycles. The number of hydrogen-bond donors (Lipinski definition) is 1. The number of rotatable bonds is 12. The molecule has 0 unspecified atom stereocenters. The van der Waals surface area contributed by atoms with Crippen LogP contribution in [0.2, 0.25) is 0 Å². The van der Waals surface area contributed by atoms with Gasteiger partial charge in [-0.05, 0) is 68.5 Å². The van der Waals surface area contributed by atoms with Gasteiger partial charge in [-0.1, -0.05) is 67.6 Å². The zero-order valence-electron chi connectivity index (χ0n) is 22.6. The van der Waals surface area contributed by atoms with Gasteiger partial charge >= 0.3 is 0 Å². The Morgan fingerprint density at radius 1 is 0.868 bits per heavy atom. The Morgan fingerprint density at radius 2 is 1.50 bits per heavy atom. The molecule has 3 aromatic carbocycles. The summed E-state index contributed by atoms with van der Waals surface area (Å²) < 4.78 is 28.9. The second-order valence-electron chi connectivity index (χ2n) is 9.19. The molecule has 38 heavy (non-hydrogen) atoms. The topological polar surface area (TPSA) is 86.8 Å². The Kier molecular flexibility index (Phi) is 10.1. The third-order valence-electron chi connectivity index (χ3n) is 6.68. The number of nitrogens with one attached hydrogen (secondary N) is 1. The van der Waals surface area contributed by atoms with Crippen molar-refractivity contribution in [2.75, 3.05) is 23.9 Å². The molecule has 0 bridgehead atoms. The number of nitrogens with zero attached hydrogens (tertiary/aromatic N) is 2. The lowest BCUT2D eigenvalue weighted by molar-refractivity contribution is -0.139. The molecule has 0 heterocycles. The summed E-state index contributed by atoms with van der Waals surface area (Å²) in [7, 11) is -4.07. The summed E-state index contributed by atoms with van der Waals surface area (Å²) in [5.41, 5.74) is 3.15. The zero-order chi connectivity index (χ0) is 27.7. The molecule has 7 nitrogen and oxygen atoms in total. The van der Waals surface area contributed by atoms with Gasteiger partial charge in [-0.2, -0.15) is 0 Å². The maximum Gasteiger partial charge on any atom is 0.264 e. The van der Waals surface area contributed by atoms with Crippen LogP contribution in [0.4, 0.5) is 5.69 Å². The van der Waals surface area contributed by atoms with Gasteiger partial charge in [0.05, 0.1) is 10.6 Å². The van der Waals surface area contributed by atoms with Gasteiger partial charge in [-0.25, -0.2) is 8.42 Å². The van der Waals surface area contributed by atoms with E-state index in [1.54, 1.807) is 30.3 Å². The van der Waals surface area contributed by atoms with Crippen LogP contribution in [0.15, 0.2) is 83.8 Å². The van der Waals surface area contributed by atoms with Gasteiger partial charge in [0.1, 0.15) is 12.6 Å². The number of amides is 2. The monoisotopic (exact) mass is 535 g/mol. The molecule has 2 amide bonds. The maximum atomic E-state index is 14.0. The number of carbonyl (C=O) groups is 2. The second kappa shape index (κ2) is 13.2. The average Bonchev–Trinajstić information content (AvgIpc) is 2.92.